The highest BCUT2D eigenvalue weighted by Crippen LogP contribution is 2.42. The van der Waals surface area contributed by atoms with E-state index in [2.05, 4.69) is 25.8 Å². The third-order valence-electron chi connectivity index (χ3n) is 7.07. The van der Waals surface area contributed by atoms with Crippen LogP contribution in [0, 0.1) is 5.92 Å². The Bertz CT molecular complexity index is 1070. The highest BCUT2D eigenvalue weighted by Gasteiger charge is 2.28. The molecule has 2 aliphatic rings. The third-order valence-corrected chi connectivity index (χ3v) is 7.07. The molecule has 0 atom stereocenters. The van der Waals surface area contributed by atoms with Crippen LogP contribution < -0.4 is 16.0 Å². The smallest absolute Gasteiger partial charge is 0.253 e. The van der Waals surface area contributed by atoms with E-state index in [1.165, 1.54) is 6.42 Å². The SMILES string of the molecule is CN(C)CCCN(C)C(=O)c1cccc(Nc2ncc(C3CC3)c(NCCCNC(=O)C3CCC3)n2)c1. The van der Waals surface area contributed by atoms with Crippen LogP contribution in [0.3, 0.4) is 0 Å². The van der Waals surface area contributed by atoms with E-state index in [9.17, 15) is 9.59 Å². The van der Waals surface area contributed by atoms with Gasteiger partial charge in [-0.3, -0.25) is 9.59 Å². The summed E-state index contributed by atoms with van der Waals surface area (Å²) in [5.74, 6) is 2.27. The van der Waals surface area contributed by atoms with Gasteiger partial charge in [-0.25, -0.2) is 4.98 Å². The maximum atomic E-state index is 12.9. The maximum absolute atomic E-state index is 12.9. The molecule has 2 amide bonds. The molecule has 37 heavy (non-hydrogen) atoms. The van der Waals surface area contributed by atoms with Crippen molar-refractivity contribution in [1.29, 1.82) is 0 Å². The van der Waals surface area contributed by atoms with Crippen LogP contribution in [-0.2, 0) is 4.79 Å². The monoisotopic (exact) mass is 507 g/mol. The van der Waals surface area contributed by atoms with Gasteiger partial charge in [-0.05, 0) is 83.3 Å². The van der Waals surface area contributed by atoms with Gasteiger partial charge < -0.3 is 25.8 Å². The van der Waals surface area contributed by atoms with Crippen molar-refractivity contribution < 1.29 is 9.59 Å². The first-order valence-electron chi connectivity index (χ1n) is 13.6. The number of amides is 2. The number of nitrogens with zero attached hydrogens (tertiary/aromatic N) is 4. The molecule has 1 aromatic heterocycles. The van der Waals surface area contributed by atoms with Gasteiger partial charge in [0, 0.05) is 55.6 Å². The molecule has 2 aromatic rings. The Morgan fingerprint density at radius 2 is 1.84 bits per heavy atom. The highest BCUT2D eigenvalue weighted by molar-refractivity contribution is 5.95. The topological polar surface area (TPSA) is 102 Å². The molecule has 0 aliphatic heterocycles. The lowest BCUT2D eigenvalue weighted by molar-refractivity contribution is -0.127. The Morgan fingerprint density at radius 3 is 2.54 bits per heavy atom. The number of anilines is 3. The standard InChI is InChI=1S/C28H41N7O2/c1-34(2)16-7-17-35(3)27(37)22-10-5-11-23(18-22)32-28-31-19-24(20-12-13-20)25(33-28)29-14-6-15-30-26(36)21-8-4-9-21/h5,10-11,18-21H,4,6-9,12-17H2,1-3H3,(H,30,36)(H2,29,31,32,33). The molecular formula is C28H41N7O2. The molecule has 9 heteroatoms. The number of carbonyl (C=O) groups excluding carboxylic acids is 2. The second-order valence-corrected chi connectivity index (χ2v) is 10.6. The Morgan fingerprint density at radius 1 is 1.03 bits per heavy atom. The number of carbonyl (C=O) groups is 2. The van der Waals surface area contributed by atoms with E-state index in [4.69, 9.17) is 4.98 Å². The minimum Gasteiger partial charge on any atom is -0.370 e. The minimum absolute atomic E-state index is 0.000777. The third kappa shape index (κ3) is 7.89. The quantitative estimate of drug-likeness (QED) is 0.334. The van der Waals surface area contributed by atoms with Crippen LogP contribution >= 0.6 is 0 Å². The molecule has 2 saturated carbocycles. The predicted octanol–water partition coefficient (Wildman–Crippen LogP) is 3.84. The molecule has 0 saturated heterocycles. The average molecular weight is 508 g/mol. The van der Waals surface area contributed by atoms with Gasteiger partial charge in [0.25, 0.3) is 5.91 Å². The number of benzene rings is 1. The Labute approximate surface area is 220 Å². The Hall–Kier alpha value is -3.20. The van der Waals surface area contributed by atoms with Crippen molar-refractivity contribution in [3.05, 3.63) is 41.6 Å². The van der Waals surface area contributed by atoms with Crippen LogP contribution in [0.2, 0.25) is 0 Å². The number of hydrogen-bond donors (Lipinski definition) is 3. The first-order chi connectivity index (χ1) is 17.9. The molecule has 0 spiro atoms. The van der Waals surface area contributed by atoms with E-state index in [1.807, 2.05) is 51.6 Å². The average Bonchev–Trinajstić information content (AvgIpc) is 3.68. The van der Waals surface area contributed by atoms with E-state index < -0.39 is 0 Å². The zero-order chi connectivity index (χ0) is 26.2. The van der Waals surface area contributed by atoms with Crippen molar-refractivity contribution in [2.24, 2.45) is 5.92 Å². The zero-order valence-electron chi connectivity index (χ0n) is 22.4. The predicted molar refractivity (Wildman–Crippen MR) is 147 cm³/mol. The molecule has 200 valence electrons. The van der Waals surface area contributed by atoms with Gasteiger partial charge in [0.15, 0.2) is 0 Å². The number of aromatic nitrogens is 2. The fraction of sp³-hybridized carbons (Fsp3) is 0.571. The molecule has 1 aromatic carbocycles. The molecule has 2 aliphatic carbocycles. The Kier molecular flexibility index (Phi) is 9.33. The lowest BCUT2D eigenvalue weighted by atomic mass is 9.85. The molecule has 0 radical (unpaired) electrons. The maximum Gasteiger partial charge on any atom is 0.253 e. The first-order valence-corrected chi connectivity index (χ1v) is 13.6. The molecular weight excluding hydrogens is 466 g/mol. The number of hydrogen-bond acceptors (Lipinski definition) is 7. The molecule has 1 heterocycles. The summed E-state index contributed by atoms with van der Waals surface area (Å²) in [7, 11) is 5.91. The van der Waals surface area contributed by atoms with Crippen molar-refractivity contribution in [2.75, 3.05) is 58.0 Å². The Balaban J connectivity index is 1.32. The van der Waals surface area contributed by atoms with Crippen LogP contribution in [0.15, 0.2) is 30.5 Å². The lowest BCUT2D eigenvalue weighted by Crippen LogP contribution is -2.35. The van der Waals surface area contributed by atoms with E-state index in [1.54, 1.807) is 4.90 Å². The minimum atomic E-state index is -0.000777. The van der Waals surface area contributed by atoms with Gasteiger partial charge in [-0.1, -0.05) is 12.5 Å². The molecule has 0 bridgehead atoms. The number of nitrogens with one attached hydrogen (secondary N) is 3. The van der Waals surface area contributed by atoms with E-state index in [0.717, 1.165) is 68.7 Å². The summed E-state index contributed by atoms with van der Waals surface area (Å²) in [5.41, 5.74) is 2.55. The van der Waals surface area contributed by atoms with Crippen LogP contribution in [0.1, 0.15) is 66.8 Å². The molecule has 0 unspecified atom stereocenters. The summed E-state index contributed by atoms with van der Waals surface area (Å²) in [5, 5.41) is 9.77. The first kappa shape index (κ1) is 26.9. The van der Waals surface area contributed by atoms with E-state index in [-0.39, 0.29) is 17.7 Å². The molecule has 9 nitrogen and oxygen atoms in total. The van der Waals surface area contributed by atoms with Gasteiger partial charge in [-0.2, -0.15) is 4.98 Å². The second-order valence-electron chi connectivity index (χ2n) is 10.6. The van der Waals surface area contributed by atoms with Crippen LogP contribution in [0.25, 0.3) is 0 Å². The van der Waals surface area contributed by atoms with Crippen molar-refractivity contribution in [3.63, 3.8) is 0 Å². The summed E-state index contributed by atoms with van der Waals surface area (Å²) in [6.07, 6.45) is 9.21. The number of rotatable bonds is 14. The summed E-state index contributed by atoms with van der Waals surface area (Å²) in [6, 6.07) is 7.47. The molecule has 4 rings (SSSR count). The summed E-state index contributed by atoms with van der Waals surface area (Å²) < 4.78 is 0. The zero-order valence-corrected chi connectivity index (χ0v) is 22.4. The van der Waals surface area contributed by atoms with Gasteiger partial charge in [0.2, 0.25) is 11.9 Å². The van der Waals surface area contributed by atoms with Gasteiger partial charge in [0.1, 0.15) is 5.82 Å². The van der Waals surface area contributed by atoms with E-state index in [0.29, 0.717) is 30.5 Å². The van der Waals surface area contributed by atoms with Crippen molar-refractivity contribution in [3.8, 4) is 0 Å². The highest BCUT2D eigenvalue weighted by atomic mass is 16.2. The van der Waals surface area contributed by atoms with Crippen molar-refractivity contribution >= 4 is 29.3 Å². The van der Waals surface area contributed by atoms with Crippen molar-refractivity contribution in [1.82, 2.24) is 25.1 Å². The fourth-order valence-corrected chi connectivity index (χ4v) is 4.41. The molecule has 3 N–H and O–H groups in total. The molecule has 2 fully saturated rings. The van der Waals surface area contributed by atoms with Crippen LogP contribution in [0.5, 0.6) is 0 Å². The van der Waals surface area contributed by atoms with Gasteiger partial charge in [-0.15, -0.1) is 0 Å². The normalized spacial score (nSPS) is 15.2. The fourth-order valence-electron chi connectivity index (χ4n) is 4.41. The van der Waals surface area contributed by atoms with Gasteiger partial charge in [0.05, 0.1) is 0 Å². The van der Waals surface area contributed by atoms with Crippen LogP contribution in [-0.4, -0.2) is 78.9 Å². The van der Waals surface area contributed by atoms with E-state index >= 15 is 0 Å². The van der Waals surface area contributed by atoms with Crippen LogP contribution in [0.4, 0.5) is 17.5 Å². The van der Waals surface area contributed by atoms with Gasteiger partial charge >= 0.3 is 0 Å². The van der Waals surface area contributed by atoms with Crippen molar-refractivity contribution in [2.45, 2.75) is 50.9 Å². The lowest BCUT2D eigenvalue weighted by Gasteiger charge is -2.24. The summed E-state index contributed by atoms with van der Waals surface area (Å²) >= 11 is 0. The summed E-state index contributed by atoms with van der Waals surface area (Å²) in [4.78, 5) is 38.1. The summed E-state index contributed by atoms with van der Waals surface area (Å²) in [6.45, 7) is 3.05. The second kappa shape index (κ2) is 12.9. The largest absolute Gasteiger partial charge is 0.370 e.